The average Bonchev–Trinajstić information content (AvgIpc) is 2.68. The second-order valence-corrected chi connectivity index (χ2v) is 6.50. The summed E-state index contributed by atoms with van der Waals surface area (Å²) in [4.78, 5) is 23.3. The van der Waals surface area contributed by atoms with Crippen LogP contribution in [0.1, 0.15) is 12.8 Å². The normalized spacial score (nSPS) is 10.1. The van der Waals surface area contributed by atoms with E-state index in [1.807, 2.05) is 54.6 Å². The van der Waals surface area contributed by atoms with E-state index in [2.05, 4.69) is 21.2 Å². The van der Waals surface area contributed by atoms with Crippen molar-refractivity contribution in [1.29, 1.82) is 0 Å². The van der Waals surface area contributed by atoms with Crippen molar-refractivity contribution < 1.29 is 23.8 Å². The Morgan fingerprint density at radius 1 is 0.926 bits per heavy atom. The van der Waals surface area contributed by atoms with Gasteiger partial charge in [-0.1, -0.05) is 40.2 Å². The summed E-state index contributed by atoms with van der Waals surface area (Å²) in [6.07, 6.45) is 0.705. The molecule has 0 bridgehead atoms. The lowest BCUT2D eigenvalue weighted by atomic mass is 10.3. The van der Waals surface area contributed by atoms with Crippen LogP contribution in [0.4, 0.5) is 0 Å². The fourth-order valence-corrected chi connectivity index (χ4v) is 2.49. The van der Waals surface area contributed by atoms with Crippen LogP contribution in [-0.2, 0) is 14.3 Å². The Balaban J connectivity index is 1.48. The molecule has 0 spiro atoms. The van der Waals surface area contributed by atoms with Crippen molar-refractivity contribution in [3.63, 3.8) is 0 Å². The fourth-order valence-electron chi connectivity index (χ4n) is 2.11. The van der Waals surface area contributed by atoms with Gasteiger partial charge in [-0.3, -0.25) is 9.59 Å². The molecule has 0 fully saturated rings. The molecule has 0 aliphatic rings. The monoisotopic (exact) mass is 435 g/mol. The second-order valence-electron chi connectivity index (χ2n) is 5.58. The molecule has 0 heterocycles. The first-order valence-electron chi connectivity index (χ1n) is 8.62. The first kappa shape index (κ1) is 20.8. The van der Waals surface area contributed by atoms with Crippen LogP contribution in [0.25, 0.3) is 0 Å². The zero-order valence-electron chi connectivity index (χ0n) is 14.9. The summed E-state index contributed by atoms with van der Waals surface area (Å²) in [6, 6.07) is 16.8. The first-order chi connectivity index (χ1) is 13.1. The number of ether oxygens (including phenoxy) is 3. The standard InChI is InChI=1S/C20H22BrNO5/c21-16-6-4-9-18(14-16)25-12-5-10-20(24)27-15-19(23)22-11-13-26-17-7-2-1-3-8-17/h1-4,6-9,14H,5,10-13,15H2,(H,22,23). The number of benzene rings is 2. The van der Waals surface area contributed by atoms with Crippen LogP contribution in [0.2, 0.25) is 0 Å². The van der Waals surface area contributed by atoms with E-state index in [1.165, 1.54) is 0 Å². The van der Waals surface area contributed by atoms with Gasteiger partial charge in [0, 0.05) is 10.9 Å². The average molecular weight is 436 g/mol. The molecule has 0 saturated heterocycles. The van der Waals surface area contributed by atoms with Crippen LogP contribution >= 0.6 is 15.9 Å². The minimum atomic E-state index is -0.427. The molecule has 0 aliphatic heterocycles. The van der Waals surface area contributed by atoms with Crippen molar-refractivity contribution in [2.24, 2.45) is 0 Å². The van der Waals surface area contributed by atoms with E-state index < -0.39 is 5.97 Å². The molecule has 2 aromatic rings. The SMILES string of the molecule is O=C(COC(=O)CCCOc1cccc(Br)c1)NCCOc1ccccc1. The lowest BCUT2D eigenvalue weighted by Crippen LogP contribution is -2.32. The Labute approximate surface area is 166 Å². The molecule has 1 amide bonds. The maximum absolute atomic E-state index is 11.6. The summed E-state index contributed by atoms with van der Waals surface area (Å²) in [5, 5.41) is 2.63. The molecule has 2 aromatic carbocycles. The highest BCUT2D eigenvalue weighted by molar-refractivity contribution is 9.10. The van der Waals surface area contributed by atoms with Gasteiger partial charge in [0.1, 0.15) is 18.1 Å². The van der Waals surface area contributed by atoms with E-state index >= 15 is 0 Å². The van der Waals surface area contributed by atoms with Crippen LogP contribution in [0.3, 0.4) is 0 Å². The van der Waals surface area contributed by atoms with Crippen LogP contribution < -0.4 is 14.8 Å². The minimum Gasteiger partial charge on any atom is -0.494 e. The Kier molecular flexibility index (Phi) is 9.20. The number of carbonyl (C=O) groups is 2. The van der Waals surface area contributed by atoms with Crippen LogP contribution in [-0.4, -0.2) is 38.2 Å². The Morgan fingerprint density at radius 2 is 1.67 bits per heavy atom. The molecule has 0 unspecified atom stereocenters. The third-order valence-electron chi connectivity index (χ3n) is 3.39. The molecule has 2 rings (SSSR count). The van der Waals surface area contributed by atoms with Gasteiger partial charge in [0.25, 0.3) is 5.91 Å². The zero-order valence-corrected chi connectivity index (χ0v) is 16.4. The molecular formula is C20H22BrNO5. The summed E-state index contributed by atoms with van der Waals surface area (Å²) < 4.78 is 16.9. The van der Waals surface area contributed by atoms with E-state index in [1.54, 1.807) is 0 Å². The maximum Gasteiger partial charge on any atom is 0.306 e. The summed E-state index contributed by atoms with van der Waals surface area (Å²) in [5.74, 6) is 0.687. The molecule has 0 atom stereocenters. The zero-order chi connectivity index (χ0) is 19.3. The highest BCUT2D eigenvalue weighted by atomic mass is 79.9. The van der Waals surface area contributed by atoms with Crippen molar-refractivity contribution in [2.45, 2.75) is 12.8 Å². The number of amides is 1. The third-order valence-corrected chi connectivity index (χ3v) is 3.88. The summed E-state index contributed by atoms with van der Waals surface area (Å²) in [5.41, 5.74) is 0. The number of hydrogen-bond acceptors (Lipinski definition) is 5. The molecule has 0 radical (unpaired) electrons. The van der Waals surface area contributed by atoms with Crippen molar-refractivity contribution >= 4 is 27.8 Å². The fraction of sp³-hybridized carbons (Fsp3) is 0.300. The molecule has 27 heavy (non-hydrogen) atoms. The smallest absolute Gasteiger partial charge is 0.306 e. The second kappa shape index (κ2) is 12.0. The lowest BCUT2D eigenvalue weighted by Gasteiger charge is -2.09. The van der Waals surface area contributed by atoms with Crippen LogP contribution in [0, 0.1) is 0 Å². The molecule has 0 aromatic heterocycles. The van der Waals surface area contributed by atoms with Gasteiger partial charge in [-0.2, -0.15) is 0 Å². The van der Waals surface area contributed by atoms with Gasteiger partial charge < -0.3 is 19.5 Å². The maximum atomic E-state index is 11.6. The predicted octanol–water partition coefficient (Wildman–Crippen LogP) is 3.35. The summed E-state index contributed by atoms with van der Waals surface area (Å²) in [7, 11) is 0. The Bertz CT molecular complexity index is 723. The van der Waals surface area contributed by atoms with Crippen molar-refractivity contribution in [3.8, 4) is 11.5 Å². The molecular weight excluding hydrogens is 414 g/mol. The first-order valence-corrected chi connectivity index (χ1v) is 9.41. The Hall–Kier alpha value is -2.54. The van der Waals surface area contributed by atoms with Gasteiger partial charge >= 0.3 is 5.97 Å². The quantitative estimate of drug-likeness (QED) is 0.432. The van der Waals surface area contributed by atoms with Crippen molar-refractivity contribution in [1.82, 2.24) is 5.32 Å². The number of nitrogens with one attached hydrogen (secondary N) is 1. The van der Waals surface area contributed by atoms with Gasteiger partial charge in [0.2, 0.25) is 0 Å². The molecule has 0 saturated carbocycles. The highest BCUT2D eigenvalue weighted by Gasteiger charge is 2.07. The van der Waals surface area contributed by atoms with E-state index in [0.717, 1.165) is 16.0 Å². The van der Waals surface area contributed by atoms with Crippen LogP contribution in [0.15, 0.2) is 59.1 Å². The summed E-state index contributed by atoms with van der Waals surface area (Å²) in [6.45, 7) is 0.785. The van der Waals surface area contributed by atoms with E-state index in [-0.39, 0.29) is 18.9 Å². The van der Waals surface area contributed by atoms with Crippen molar-refractivity contribution in [3.05, 3.63) is 59.1 Å². The molecule has 0 aliphatic carbocycles. The Morgan fingerprint density at radius 3 is 2.44 bits per heavy atom. The van der Waals surface area contributed by atoms with E-state index in [0.29, 0.717) is 26.2 Å². The number of rotatable bonds is 11. The molecule has 144 valence electrons. The molecule has 1 N–H and O–H groups in total. The number of esters is 1. The van der Waals surface area contributed by atoms with Gasteiger partial charge in [-0.25, -0.2) is 0 Å². The van der Waals surface area contributed by atoms with Gasteiger partial charge in [-0.05, 0) is 36.8 Å². The predicted molar refractivity (Wildman–Crippen MR) is 105 cm³/mol. The van der Waals surface area contributed by atoms with E-state index in [9.17, 15) is 9.59 Å². The molecule has 7 heteroatoms. The van der Waals surface area contributed by atoms with Crippen molar-refractivity contribution in [2.75, 3.05) is 26.4 Å². The van der Waals surface area contributed by atoms with Crippen LogP contribution in [0.5, 0.6) is 11.5 Å². The lowest BCUT2D eigenvalue weighted by molar-refractivity contribution is -0.148. The number of carbonyl (C=O) groups excluding carboxylic acids is 2. The third kappa shape index (κ3) is 9.10. The number of hydrogen-bond donors (Lipinski definition) is 1. The van der Waals surface area contributed by atoms with Gasteiger partial charge in [0.15, 0.2) is 6.61 Å². The van der Waals surface area contributed by atoms with E-state index in [4.69, 9.17) is 14.2 Å². The van der Waals surface area contributed by atoms with Gasteiger partial charge in [0.05, 0.1) is 13.2 Å². The topological polar surface area (TPSA) is 73.9 Å². The summed E-state index contributed by atoms with van der Waals surface area (Å²) >= 11 is 3.36. The highest BCUT2D eigenvalue weighted by Crippen LogP contribution is 2.17. The number of halogens is 1. The van der Waals surface area contributed by atoms with Gasteiger partial charge in [-0.15, -0.1) is 0 Å². The number of para-hydroxylation sites is 1. The minimum absolute atomic E-state index is 0.193. The molecule has 6 nitrogen and oxygen atoms in total. The largest absolute Gasteiger partial charge is 0.494 e.